The number of rotatable bonds is 2. The van der Waals surface area contributed by atoms with E-state index < -0.39 is 11.9 Å². The number of anilines is 1. The molecule has 1 unspecified atom stereocenters. The van der Waals surface area contributed by atoms with Gasteiger partial charge in [-0.1, -0.05) is 12.1 Å². The van der Waals surface area contributed by atoms with Gasteiger partial charge in [-0.3, -0.25) is 0 Å². The largest absolute Gasteiger partial charge is 0.398 e. The Labute approximate surface area is 81.4 Å². The van der Waals surface area contributed by atoms with E-state index in [0.29, 0.717) is 0 Å². The van der Waals surface area contributed by atoms with Crippen LogP contribution >= 0.6 is 0 Å². The standard InChI is InChI=1S/C10H10FN3/c1-2-8(13)6-3-4-9(14)7(5-12)10(6)11/h2-4,8H,1,13-14H2. The van der Waals surface area contributed by atoms with Crippen LogP contribution in [0.5, 0.6) is 0 Å². The number of hydrogen-bond donors (Lipinski definition) is 2. The van der Waals surface area contributed by atoms with Crippen LogP contribution in [-0.4, -0.2) is 0 Å². The first-order valence-corrected chi connectivity index (χ1v) is 3.98. The van der Waals surface area contributed by atoms with Crippen LogP contribution in [0.25, 0.3) is 0 Å². The summed E-state index contributed by atoms with van der Waals surface area (Å²) in [5, 5.41) is 8.64. The molecule has 3 nitrogen and oxygen atoms in total. The molecule has 1 aromatic rings. The molecule has 14 heavy (non-hydrogen) atoms. The van der Waals surface area contributed by atoms with Gasteiger partial charge in [0.1, 0.15) is 17.4 Å². The summed E-state index contributed by atoms with van der Waals surface area (Å²) in [5.74, 6) is -0.667. The quantitative estimate of drug-likeness (QED) is 0.549. The van der Waals surface area contributed by atoms with Crippen LogP contribution in [0.3, 0.4) is 0 Å². The summed E-state index contributed by atoms with van der Waals surface area (Å²) in [5.41, 5.74) is 11.2. The summed E-state index contributed by atoms with van der Waals surface area (Å²) in [7, 11) is 0. The van der Waals surface area contributed by atoms with Crippen LogP contribution in [0.4, 0.5) is 10.1 Å². The maximum Gasteiger partial charge on any atom is 0.148 e. The number of nitrogens with two attached hydrogens (primary N) is 2. The number of benzene rings is 1. The molecule has 0 amide bonds. The topological polar surface area (TPSA) is 75.8 Å². The van der Waals surface area contributed by atoms with Gasteiger partial charge in [-0.15, -0.1) is 6.58 Å². The summed E-state index contributed by atoms with van der Waals surface area (Å²) in [6.07, 6.45) is 1.40. The highest BCUT2D eigenvalue weighted by Crippen LogP contribution is 2.23. The van der Waals surface area contributed by atoms with Gasteiger partial charge in [-0.25, -0.2) is 4.39 Å². The van der Waals surface area contributed by atoms with Crippen molar-refractivity contribution in [2.24, 2.45) is 5.73 Å². The molecule has 1 rings (SSSR count). The van der Waals surface area contributed by atoms with Crippen molar-refractivity contribution in [3.8, 4) is 6.07 Å². The summed E-state index contributed by atoms with van der Waals surface area (Å²) < 4.78 is 13.5. The monoisotopic (exact) mass is 191 g/mol. The Hall–Kier alpha value is -1.86. The number of nitrogen functional groups attached to an aromatic ring is 1. The van der Waals surface area contributed by atoms with Crippen LogP contribution in [0.1, 0.15) is 17.2 Å². The Morgan fingerprint density at radius 1 is 1.57 bits per heavy atom. The Morgan fingerprint density at radius 2 is 2.21 bits per heavy atom. The minimum atomic E-state index is -0.667. The van der Waals surface area contributed by atoms with Crippen molar-refractivity contribution in [3.63, 3.8) is 0 Å². The van der Waals surface area contributed by atoms with Gasteiger partial charge in [0.15, 0.2) is 0 Å². The first kappa shape index (κ1) is 10.2. The minimum Gasteiger partial charge on any atom is -0.398 e. The second kappa shape index (κ2) is 3.90. The van der Waals surface area contributed by atoms with E-state index in [9.17, 15) is 4.39 Å². The van der Waals surface area contributed by atoms with Gasteiger partial charge in [0, 0.05) is 5.56 Å². The molecule has 0 saturated carbocycles. The highest BCUT2D eigenvalue weighted by Gasteiger charge is 2.14. The molecule has 4 heteroatoms. The Balaban J connectivity index is 3.37. The SMILES string of the molecule is C=CC(N)c1ccc(N)c(C#N)c1F. The molecule has 0 aliphatic heterocycles. The lowest BCUT2D eigenvalue weighted by atomic mass is 10.0. The number of hydrogen-bond acceptors (Lipinski definition) is 3. The fourth-order valence-electron chi connectivity index (χ4n) is 1.11. The van der Waals surface area contributed by atoms with Crippen molar-refractivity contribution in [3.05, 3.63) is 41.7 Å². The van der Waals surface area contributed by atoms with Crippen molar-refractivity contribution >= 4 is 5.69 Å². The van der Waals surface area contributed by atoms with Gasteiger partial charge in [-0.05, 0) is 6.07 Å². The van der Waals surface area contributed by atoms with E-state index in [0.717, 1.165) is 0 Å². The lowest BCUT2D eigenvalue weighted by Crippen LogP contribution is -2.10. The predicted molar refractivity (Wildman–Crippen MR) is 52.7 cm³/mol. The Morgan fingerprint density at radius 3 is 2.71 bits per heavy atom. The second-order valence-electron chi connectivity index (χ2n) is 2.81. The van der Waals surface area contributed by atoms with Crippen LogP contribution in [0.15, 0.2) is 24.8 Å². The average molecular weight is 191 g/mol. The number of nitrogens with zero attached hydrogens (tertiary/aromatic N) is 1. The minimum absolute atomic E-state index is 0.116. The molecule has 0 fully saturated rings. The number of halogens is 1. The van der Waals surface area contributed by atoms with Crippen LogP contribution in [-0.2, 0) is 0 Å². The van der Waals surface area contributed by atoms with Gasteiger partial charge >= 0.3 is 0 Å². The third-order valence-electron chi connectivity index (χ3n) is 1.93. The van der Waals surface area contributed by atoms with Gasteiger partial charge < -0.3 is 11.5 Å². The van der Waals surface area contributed by atoms with Crippen molar-refractivity contribution in [1.82, 2.24) is 0 Å². The first-order chi connectivity index (χ1) is 6.61. The second-order valence-corrected chi connectivity index (χ2v) is 2.81. The van der Waals surface area contributed by atoms with Gasteiger partial charge in [-0.2, -0.15) is 5.26 Å². The van der Waals surface area contributed by atoms with Crippen molar-refractivity contribution < 1.29 is 4.39 Å². The van der Waals surface area contributed by atoms with Gasteiger partial charge in [0.2, 0.25) is 0 Å². The molecule has 0 aliphatic rings. The molecule has 0 spiro atoms. The van der Waals surface area contributed by atoms with Gasteiger partial charge in [0.25, 0.3) is 0 Å². The summed E-state index contributed by atoms with van der Waals surface area (Å²) in [6.45, 7) is 3.45. The molecular formula is C10H10FN3. The molecule has 1 atom stereocenters. The third kappa shape index (κ3) is 1.58. The van der Waals surface area contributed by atoms with Crippen LogP contribution < -0.4 is 11.5 Å². The lowest BCUT2D eigenvalue weighted by Gasteiger charge is -2.09. The molecule has 0 aliphatic carbocycles. The zero-order valence-corrected chi connectivity index (χ0v) is 7.50. The zero-order valence-electron chi connectivity index (χ0n) is 7.50. The smallest absolute Gasteiger partial charge is 0.148 e. The van der Waals surface area contributed by atoms with Crippen molar-refractivity contribution in [2.75, 3.05) is 5.73 Å². The van der Waals surface area contributed by atoms with E-state index in [1.807, 2.05) is 0 Å². The van der Waals surface area contributed by atoms with E-state index in [-0.39, 0.29) is 16.8 Å². The predicted octanol–water partition coefficient (Wildman–Crippen LogP) is 1.47. The molecule has 1 aromatic carbocycles. The first-order valence-electron chi connectivity index (χ1n) is 3.98. The molecule has 0 radical (unpaired) electrons. The molecule has 0 saturated heterocycles. The van der Waals surface area contributed by atoms with E-state index >= 15 is 0 Å². The van der Waals surface area contributed by atoms with Crippen LogP contribution in [0.2, 0.25) is 0 Å². The average Bonchev–Trinajstić information content (AvgIpc) is 2.18. The zero-order chi connectivity index (χ0) is 10.7. The third-order valence-corrected chi connectivity index (χ3v) is 1.93. The Bertz CT molecular complexity index is 407. The van der Waals surface area contributed by atoms with Crippen LogP contribution in [0, 0.1) is 17.1 Å². The van der Waals surface area contributed by atoms with Crippen molar-refractivity contribution in [2.45, 2.75) is 6.04 Å². The van der Waals surface area contributed by atoms with Gasteiger partial charge in [0.05, 0.1) is 11.7 Å². The van der Waals surface area contributed by atoms with E-state index in [1.165, 1.54) is 18.2 Å². The molecule has 0 bridgehead atoms. The Kier molecular flexibility index (Phi) is 2.85. The summed E-state index contributed by atoms with van der Waals surface area (Å²) >= 11 is 0. The number of nitriles is 1. The van der Waals surface area contributed by atoms with Crippen molar-refractivity contribution in [1.29, 1.82) is 5.26 Å². The highest BCUT2D eigenvalue weighted by molar-refractivity contribution is 5.56. The summed E-state index contributed by atoms with van der Waals surface area (Å²) in [4.78, 5) is 0. The fourth-order valence-corrected chi connectivity index (χ4v) is 1.11. The normalized spacial score (nSPS) is 11.8. The molecule has 4 N–H and O–H groups in total. The van der Waals surface area contributed by atoms with E-state index in [2.05, 4.69) is 6.58 Å². The molecule has 0 aromatic heterocycles. The fraction of sp³-hybridized carbons (Fsp3) is 0.100. The highest BCUT2D eigenvalue weighted by atomic mass is 19.1. The maximum absolute atomic E-state index is 13.5. The maximum atomic E-state index is 13.5. The molecule has 0 heterocycles. The summed E-state index contributed by atoms with van der Waals surface area (Å²) in [6, 6.07) is 3.99. The lowest BCUT2D eigenvalue weighted by molar-refractivity contribution is 0.599. The molecular weight excluding hydrogens is 181 g/mol. The van der Waals surface area contributed by atoms with E-state index in [4.69, 9.17) is 16.7 Å². The molecule has 72 valence electrons. The van der Waals surface area contributed by atoms with E-state index in [1.54, 1.807) is 6.07 Å².